The minimum absolute atomic E-state index is 0.319. The molecular weight excluding hydrogens is 280 g/mol. The SMILES string of the molecule is CCCCCCCCCCCCC(CC)(OC(C)=O)C(=O)O. The lowest BCUT2D eigenvalue weighted by Gasteiger charge is -2.27. The fourth-order valence-electron chi connectivity index (χ4n) is 2.77. The predicted molar refractivity (Wildman–Crippen MR) is 88.9 cm³/mol. The number of hydrogen-bond donors (Lipinski definition) is 1. The number of carboxylic acid groups (broad SMARTS) is 1. The number of carbonyl (C=O) groups excluding carboxylic acids is 1. The first-order valence-corrected chi connectivity index (χ1v) is 8.91. The number of unbranched alkanes of at least 4 members (excludes halogenated alkanes) is 9. The van der Waals surface area contributed by atoms with Crippen LogP contribution in [0, 0.1) is 0 Å². The van der Waals surface area contributed by atoms with Crippen molar-refractivity contribution < 1.29 is 19.4 Å². The normalized spacial score (nSPS) is 13.6. The van der Waals surface area contributed by atoms with Crippen LogP contribution in [0.25, 0.3) is 0 Å². The van der Waals surface area contributed by atoms with Gasteiger partial charge in [0.05, 0.1) is 0 Å². The molecular formula is C18H34O4. The van der Waals surface area contributed by atoms with Gasteiger partial charge in [0.25, 0.3) is 0 Å². The van der Waals surface area contributed by atoms with E-state index < -0.39 is 17.5 Å². The van der Waals surface area contributed by atoms with Gasteiger partial charge in [0.2, 0.25) is 5.60 Å². The topological polar surface area (TPSA) is 63.6 Å². The zero-order valence-corrected chi connectivity index (χ0v) is 14.7. The third kappa shape index (κ3) is 9.06. The molecule has 0 aromatic rings. The van der Waals surface area contributed by atoms with E-state index in [1.54, 1.807) is 6.92 Å². The van der Waals surface area contributed by atoms with Crippen molar-refractivity contribution in [1.29, 1.82) is 0 Å². The van der Waals surface area contributed by atoms with Crippen molar-refractivity contribution in [2.75, 3.05) is 0 Å². The van der Waals surface area contributed by atoms with Gasteiger partial charge in [0, 0.05) is 6.92 Å². The number of ether oxygens (including phenoxy) is 1. The van der Waals surface area contributed by atoms with Crippen LogP contribution in [0.4, 0.5) is 0 Å². The molecule has 0 rings (SSSR count). The van der Waals surface area contributed by atoms with Crippen molar-refractivity contribution in [3.05, 3.63) is 0 Å². The van der Waals surface area contributed by atoms with Crippen molar-refractivity contribution in [1.82, 2.24) is 0 Å². The third-order valence-corrected chi connectivity index (χ3v) is 4.23. The Bertz CT molecular complexity index is 314. The Morgan fingerprint density at radius 3 is 1.68 bits per heavy atom. The van der Waals surface area contributed by atoms with E-state index in [-0.39, 0.29) is 0 Å². The Kier molecular flexibility index (Phi) is 11.9. The zero-order chi connectivity index (χ0) is 16.8. The molecule has 22 heavy (non-hydrogen) atoms. The standard InChI is InChI=1S/C18H34O4/c1-4-6-7-8-9-10-11-12-13-14-15-18(5-2,17(20)21)22-16(3)19/h4-15H2,1-3H3,(H,20,21). The molecule has 1 N–H and O–H groups in total. The van der Waals surface area contributed by atoms with Gasteiger partial charge < -0.3 is 9.84 Å². The zero-order valence-electron chi connectivity index (χ0n) is 14.7. The summed E-state index contributed by atoms with van der Waals surface area (Å²) >= 11 is 0. The monoisotopic (exact) mass is 314 g/mol. The molecule has 1 unspecified atom stereocenters. The van der Waals surface area contributed by atoms with Crippen LogP contribution in [0.1, 0.15) is 97.8 Å². The van der Waals surface area contributed by atoms with Crippen molar-refractivity contribution in [3.63, 3.8) is 0 Å². The Hall–Kier alpha value is -1.06. The van der Waals surface area contributed by atoms with Crippen LogP contribution < -0.4 is 0 Å². The molecule has 0 amide bonds. The summed E-state index contributed by atoms with van der Waals surface area (Å²) in [5.41, 5.74) is -1.33. The molecule has 0 aromatic heterocycles. The minimum Gasteiger partial charge on any atom is -0.478 e. The number of esters is 1. The molecule has 0 aliphatic carbocycles. The van der Waals surface area contributed by atoms with Crippen LogP contribution in [-0.4, -0.2) is 22.6 Å². The van der Waals surface area contributed by atoms with E-state index in [9.17, 15) is 14.7 Å². The lowest BCUT2D eigenvalue weighted by molar-refractivity contribution is -0.179. The van der Waals surface area contributed by atoms with E-state index in [0.717, 1.165) is 19.3 Å². The second-order valence-corrected chi connectivity index (χ2v) is 6.18. The van der Waals surface area contributed by atoms with Gasteiger partial charge in [-0.25, -0.2) is 4.79 Å². The fraction of sp³-hybridized carbons (Fsp3) is 0.889. The highest BCUT2D eigenvalue weighted by Gasteiger charge is 2.39. The summed E-state index contributed by atoms with van der Waals surface area (Å²) in [5, 5.41) is 9.34. The molecule has 0 saturated heterocycles. The van der Waals surface area contributed by atoms with Crippen LogP contribution in [0.15, 0.2) is 0 Å². The predicted octanol–water partition coefficient (Wildman–Crippen LogP) is 5.09. The molecule has 0 saturated carbocycles. The van der Waals surface area contributed by atoms with Crippen LogP contribution >= 0.6 is 0 Å². The minimum atomic E-state index is -1.33. The molecule has 0 spiro atoms. The van der Waals surface area contributed by atoms with Gasteiger partial charge in [0.15, 0.2) is 0 Å². The van der Waals surface area contributed by atoms with Crippen LogP contribution in [0.2, 0.25) is 0 Å². The molecule has 0 aliphatic rings. The van der Waals surface area contributed by atoms with E-state index >= 15 is 0 Å². The molecule has 0 bridgehead atoms. The van der Waals surface area contributed by atoms with E-state index in [2.05, 4.69) is 6.92 Å². The van der Waals surface area contributed by atoms with E-state index in [0.29, 0.717) is 12.8 Å². The largest absolute Gasteiger partial charge is 0.478 e. The summed E-state index contributed by atoms with van der Waals surface area (Å²) < 4.78 is 5.09. The molecule has 0 aromatic carbocycles. The summed E-state index contributed by atoms with van der Waals surface area (Å²) in [7, 11) is 0. The first-order valence-electron chi connectivity index (χ1n) is 8.91. The number of hydrogen-bond acceptors (Lipinski definition) is 3. The van der Waals surface area contributed by atoms with Crippen molar-refractivity contribution in [2.24, 2.45) is 0 Å². The van der Waals surface area contributed by atoms with Crippen molar-refractivity contribution in [3.8, 4) is 0 Å². The molecule has 1 atom stereocenters. The molecule has 0 aliphatic heterocycles. The first-order chi connectivity index (χ1) is 10.5. The number of carbonyl (C=O) groups is 2. The molecule has 130 valence electrons. The highest BCUT2D eigenvalue weighted by atomic mass is 16.6. The smallest absolute Gasteiger partial charge is 0.348 e. The number of carboxylic acids is 1. The van der Waals surface area contributed by atoms with Crippen LogP contribution in [-0.2, 0) is 14.3 Å². The third-order valence-electron chi connectivity index (χ3n) is 4.23. The maximum absolute atomic E-state index is 11.4. The summed E-state index contributed by atoms with van der Waals surface area (Å²) in [6.07, 6.45) is 12.7. The van der Waals surface area contributed by atoms with E-state index in [4.69, 9.17) is 4.74 Å². The second-order valence-electron chi connectivity index (χ2n) is 6.18. The van der Waals surface area contributed by atoms with E-state index in [1.165, 1.54) is 51.9 Å². The molecule has 0 radical (unpaired) electrons. The highest BCUT2D eigenvalue weighted by molar-refractivity contribution is 5.81. The highest BCUT2D eigenvalue weighted by Crippen LogP contribution is 2.25. The number of rotatable bonds is 14. The lowest BCUT2D eigenvalue weighted by atomic mass is 9.92. The van der Waals surface area contributed by atoms with Crippen molar-refractivity contribution >= 4 is 11.9 Å². The number of aliphatic carboxylic acids is 1. The van der Waals surface area contributed by atoms with Gasteiger partial charge in [-0.15, -0.1) is 0 Å². The Morgan fingerprint density at radius 1 is 0.864 bits per heavy atom. The van der Waals surface area contributed by atoms with E-state index in [1.807, 2.05) is 0 Å². The Morgan fingerprint density at radius 2 is 1.32 bits per heavy atom. The summed E-state index contributed by atoms with van der Waals surface area (Å²) in [4.78, 5) is 22.5. The van der Waals surface area contributed by atoms with Crippen molar-refractivity contribution in [2.45, 2.75) is 103 Å². The molecule has 0 heterocycles. The van der Waals surface area contributed by atoms with Crippen LogP contribution in [0.5, 0.6) is 0 Å². The maximum Gasteiger partial charge on any atom is 0.348 e. The Balaban J connectivity index is 3.81. The van der Waals surface area contributed by atoms with Gasteiger partial charge in [-0.3, -0.25) is 4.79 Å². The average Bonchev–Trinajstić information content (AvgIpc) is 2.47. The summed E-state index contributed by atoms with van der Waals surface area (Å²) in [6, 6.07) is 0. The molecule has 4 heteroatoms. The second kappa shape index (κ2) is 12.5. The van der Waals surface area contributed by atoms with Gasteiger partial charge in [-0.1, -0.05) is 71.6 Å². The van der Waals surface area contributed by atoms with Gasteiger partial charge in [0.1, 0.15) is 0 Å². The fourth-order valence-corrected chi connectivity index (χ4v) is 2.77. The van der Waals surface area contributed by atoms with Gasteiger partial charge >= 0.3 is 11.9 Å². The van der Waals surface area contributed by atoms with Crippen LogP contribution in [0.3, 0.4) is 0 Å². The molecule has 4 nitrogen and oxygen atoms in total. The van der Waals surface area contributed by atoms with Gasteiger partial charge in [-0.05, 0) is 19.3 Å². The maximum atomic E-state index is 11.4. The molecule has 0 fully saturated rings. The lowest BCUT2D eigenvalue weighted by Crippen LogP contribution is -2.42. The quantitative estimate of drug-likeness (QED) is 0.358. The summed E-state index contributed by atoms with van der Waals surface area (Å²) in [5.74, 6) is -1.54. The van der Waals surface area contributed by atoms with Gasteiger partial charge in [-0.2, -0.15) is 0 Å². The summed E-state index contributed by atoms with van der Waals surface area (Å²) in [6.45, 7) is 5.25. The Labute approximate surface area is 135 Å². The first kappa shape index (κ1) is 20.9. The average molecular weight is 314 g/mol.